The molecular weight excluding hydrogens is 887 g/mol. The van der Waals surface area contributed by atoms with Gasteiger partial charge in [0.2, 0.25) is 0 Å². The second kappa shape index (κ2) is 23.1. The number of carbonyl (C=O) groups is 1. The van der Waals surface area contributed by atoms with Gasteiger partial charge in [-0.1, -0.05) is 109 Å². The molecule has 4 aromatic rings. The fourth-order valence-corrected chi connectivity index (χ4v) is 14.3. The Balaban J connectivity index is 1.14. The van der Waals surface area contributed by atoms with E-state index in [1.54, 1.807) is 12.3 Å². The lowest BCUT2D eigenvalue weighted by Crippen LogP contribution is -2.42. The van der Waals surface area contributed by atoms with Crippen LogP contribution in [-0.2, 0) is 23.1 Å². The average molecular weight is 971 g/mol. The third kappa shape index (κ3) is 11.8. The summed E-state index contributed by atoms with van der Waals surface area (Å²) in [6.07, 6.45) is 21.6. The molecule has 0 saturated heterocycles. The van der Waals surface area contributed by atoms with Crippen molar-refractivity contribution < 1.29 is 35.4 Å². The minimum absolute atomic E-state index is 0.0887. The topological polar surface area (TPSA) is 196 Å². The highest BCUT2D eigenvalue weighted by molar-refractivity contribution is 5.73. The number of anilines is 1. The number of unbranched alkanes of at least 4 members (excludes halogenated alkanes) is 3. The number of aryl methyl sites for hydroxylation is 1. The maximum atomic E-state index is 13.9. The van der Waals surface area contributed by atoms with Crippen molar-refractivity contribution in [3.63, 3.8) is 0 Å². The number of hydrogen-bond donors (Lipinski definition) is 7. The van der Waals surface area contributed by atoms with E-state index in [1.807, 2.05) is 6.07 Å². The number of pyridine rings is 1. The number of allylic oxidation sites excluding steroid dienone is 1. The molecule has 0 aliphatic heterocycles. The van der Waals surface area contributed by atoms with Crippen LogP contribution < -0.4 is 10.8 Å². The second-order valence-corrected chi connectivity index (χ2v) is 23.0. The first kappa shape index (κ1) is 52.7. The van der Waals surface area contributed by atoms with E-state index in [-0.39, 0.29) is 65.4 Å². The first-order valence-electron chi connectivity index (χ1n) is 27.7. The van der Waals surface area contributed by atoms with E-state index in [0.717, 1.165) is 86.7 Å². The van der Waals surface area contributed by atoms with Crippen molar-refractivity contribution in [1.82, 2.24) is 9.97 Å². The Labute approximate surface area is 423 Å². The number of rotatable bonds is 18. The molecule has 3 saturated carbocycles. The number of benzene rings is 2. The number of aromatic amines is 1. The summed E-state index contributed by atoms with van der Waals surface area (Å²) in [5, 5.41) is 72.4. The van der Waals surface area contributed by atoms with Crippen LogP contribution in [0.5, 0.6) is 11.5 Å². The molecule has 8 rings (SSSR count). The van der Waals surface area contributed by atoms with Gasteiger partial charge in [-0.05, 0) is 183 Å². The molecule has 386 valence electrons. The zero-order valence-corrected chi connectivity index (χ0v) is 43.1. The van der Waals surface area contributed by atoms with Gasteiger partial charge >= 0.3 is 5.97 Å². The molecule has 3 fully saturated rings. The van der Waals surface area contributed by atoms with Gasteiger partial charge in [0.05, 0.1) is 23.7 Å². The van der Waals surface area contributed by atoms with Crippen LogP contribution in [0.15, 0.2) is 72.9 Å². The van der Waals surface area contributed by atoms with Crippen LogP contribution >= 0.6 is 0 Å². The Bertz CT molecular complexity index is 2420. The molecule has 10 heteroatoms. The number of aliphatic hydroxyl groups is 3. The van der Waals surface area contributed by atoms with Crippen molar-refractivity contribution >= 4 is 11.8 Å². The second-order valence-electron chi connectivity index (χ2n) is 23.0. The number of nitrogens with zero attached hydrogens (tertiary/aromatic N) is 1. The molecule has 0 bridgehead atoms. The Morgan fingerprint density at radius 1 is 0.887 bits per heavy atom. The van der Waals surface area contributed by atoms with Gasteiger partial charge in [0.15, 0.2) is 0 Å². The van der Waals surface area contributed by atoms with Gasteiger partial charge in [-0.15, -0.1) is 5.75 Å². The molecule has 2 aromatic heterocycles. The maximum Gasteiger partial charge on any atom is 0.309 e. The van der Waals surface area contributed by atoms with Gasteiger partial charge < -0.3 is 41.4 Å². The molecule has 8 N–H and O–H groups in total. The number of fused-ring (bicyclic) bond motifs is 1. The summed E-state index contributed by atoms with van der Waals surface area (Å²) in [6.45, 7) is 8.64. The van der Waals surface area contributed by atoms with Gasteiger partial charge in [0.25, 0.3) is 0 Å². The third-order valence-electron chi connectivity index (χ3n) is 18.3. The van der Waals surface area contributed by atoms with E-state index in [0.29, 0.717) is 67.3 Å². The Morgan fingerprint density at radius 3 is 2.32 bits per heavy atom. The number of aromatic nitrogens is 2. The van der Waals surface area contributed by atoms with Crippen molar-refractivity contribution in [3.05, 3.63) is 106 Å². The number of phenolic OH excluding ortho intramolecular Hbond substituents is 1. The summed E-state index contributed by atoms with van der Waals surface area (Å²) in [4.78, 5) is 21.6. The lowest BCUT2D eigenvalue weighted by atomic mass is 9.67. The summed E-state index contributed by atoms with van der Waals surface area (Å²) in [6, 6.07) is 17.7. The molecule has 10 atom stereocenters. The zero-order valence-electron chi connectivity index (χ0n) is 43.1. The summed E-state index contributed by atoms with van der Waals surface area (Å²) in [5.41, 5.74) is 12.4. The summed E-state index contributed by atoms with van der Waals surface area (Å²) in [5.74, 6) is -1.49. The van der Waals surface area contributed by atoms with Crippen LogP contribution in [0.3, 0.4) is 0 Å². The van der Waals surface area contributed by atoms with Crippen LogP contribution in [0, 0.1) is 35.5 Å². The fraction of sp³-hybridized carbons (Fsp3) is 0.607. The number of hydrogen-bond acceptors (Lipinski definition) is 8. The number of aliphatic carboxylic acids is 1. The first-order chi connectivity index (χ1) is 34.1. The number of carboxylic acids is 1. The van der Waals surface area contributed by atoms with E-state index in [2.05, 4.69) is 86.2 Å². The van der Waals surface area contributed by atoms with Gasteiger partial charge in [-0.2, -0.15) is 0 Å². The van der Waals surface area contributed by atoms with Gasteiger partial charge in [0, 0.05) is 35.0 Å². The van der Waals surface area contributed by atoms with E-state index in [4.69, 9.17) is 5.73 Å². The number of H-pyrrole nitrogens is 1. The van der Waals surface area contributed by atoms with Crippen molar-refractivity contribution in [3.8, 4) is 22.8 Å². The van der Waals surface area contributed by atoms with Crippen LogP contribution in [0.2, 0.25) is 0 Å². The van der Waals surface area contributed by atoms with E-state index in [1.165, 1.54) is 36.5 Å². The lowest BCUT2D eigenvalue weighted by Gasteiger charge is -2.40. The Kier molecular flexibility index (Phi) is 17.1. The number of aromatic hydroxyl groups is 1. The molecule has 71 heavy (non-hydrogen) atoms. The smallest absolute Gasteiger partial charge is 0.309 e. The van der Waals surface area contributed by atoms with E-state index < -0.39 is 23.6 Å². The zero-order chi connectivity index (χ0) is 50.5. The molecule has 2 aromatic carbocycles. The lowest BCUT2D eigenvalue weighted by molar-refractivity contribution is -0.269. The Hall–Kier alpha value is -4.64. The highest BCUT2D eigenvalue weighted by Crippen LogP contribution is 2.60. The summed E-state index contributed by atoms with van der Waals surface area (Å²) < 4.78 is 0. The normalized spacial score (nSPS) is 28.8. The van der Waals surface area contributed by atoms with Crippen LogP contribution in [-0.4, -0.2) is 59.3 Å². The number of nitrogen functional groups attached to an aromatic ring is 1. The van der Waals surface area contributed by atoms with Crippen LogP contribution in [0.25, 0.3) is 11.3 Å². The first-order valence-corrected chi connectivity index (χ1v) is 27.7. The molecule has 4 aliphatic rings. The number of carboxylic acid groups (broad SMARTS) is 1. The van der Waals surface area contributed by atoms with Gasteiger partial charge in [0.1, 0.15) is 11.6 Å². The standard InChI is InChI=1S/C61H85N3O7/c1-5-7-8-13-39-18-21-43(54(67)31-39)14-9-10-15-44-22-23-48(52-32-41(6-2)58(64-52)50-35-47(65)36-55(68)49(50)30-40-16-19-42(20-17-40)38(3)4)51-33-46(37-61(51,71)28-24-53(66)57(44)59(69)70)60(26-11-12-27-60)45-25-29-63-56(62)34-45/h16-21,25,29,32,34-36,38-39,43-44,46,48,51,53-54,57,64-68,71H,5-15,22-24,26-28,30-31,33,37H2,1-4H3,(H2,62,63)(H,69,70)/p-1. The van der Waals surface area contributed by atoms with Crippen LogP contribution in [0.4, 0.5) is 5.82 Å². The summed E-state index contributed by atoms with van der Waals surface area (Å²) in [7, 11) is 0. The average Bonchev–Trinajstić information content (AvgIpc) is 4.10. The quantitative estimate of drug-likeness (QED) is 0.0375. The van der Waals surface area contributed by atoms with E-state index in [9.17, 15) is 35.4 Å². The molecule has 2 heterocycles. The minimum atomic E-state index is -1.19. The molecule has 0 spiro atoms. The number of nitrogens with one attached hydrogen (secondary N) is 1. The highest BCUT2D eigenvalue weighted by Gasteiger charge is 2.57. The largest absolute Gasteiger partial charge is 0.872 e. The fourth-order valence-electron chi connectivity index (χ4n) is 14.3. The minimum Gasteiger partial charge on any atom is -0.872 e. The SMILES string of the molecule is CCCCCC1C=CC(CCCCC2CCC(c3cc(CC)c(-c4cc(O)cc([O-])c4Cc4ccc(C(C)C)cc4)[nH]3)C3CC(C4(c5ccnc(N)c5)CCCC4)CC3(O)CCC(O)C2C(=O)O)C(O)C1. The van der Waals surface area contributed by atoms with Crippen molar-refractivity contribution in [1.29, 1.82) is 0 Å². The van der Waals surface area contributed by atoms with Crippen molar-refractivity contribution in [2.24, 2.45) is 35.5 Å². The summed E-state index contributed by atoms with van der Waals surface area (Å²) >= 11 is 0. The van der Waals surface area contributed by atoms with Crippen molar-refractivity contribution in [2.45, 2.75) is 198 Å². The van der Waals surface area contributed by atoms with Gasteiger partial charge in [-0.3, -0.25) is 4.79 Å². The number of nitrogens with two attached hydrogens (primary N) is 1. The third-order valence-corrected chi connectivity index (χ3v) is 18.3. The maximum absolute atomic E-state index is 13.9. The monoisotopic (exact) mass is 971 g/mol. The highest BCUT2D eigenvalue weighted by atomic mass is 16.4. The number of phenols is 1. The van der Waals surface area contributed by atoms with E-state index >= 15 is 0 Å². The van der Waals surface area contributed by atoms with Crippen molar-refractivity contribution in [2.75, 3.05) is 5.73 Å². The molecule has 10 unspecified atom stereocenters. The van der Waals surface area contributed by atoms with Gasteiger partial charge in [-0.25, -0.2) is 4.98 Å². The molecular formula is C61H84N3O7-. The molecule has 10 nitrogen and oxygen atoms in total. The predicted molar refractivity (Wildman–Crippen MR) is 281 cm³/mol. The molecule has 0 radical (unpaired) electrons. The Morgan fingerprint density at radius 2 is 1.63 bits per heavy atom. The molecule has 0 amide bonds. The predicted octanol–water partition coefficient (Wildman–Crippen LogP) is 12.0. The van der Waals surface area contributed by atoms with Crippen LogP contribution in [0.1, 0.15) is 195 Å². The molecule has 4 aliphatic carbocycles. The number of aliphatic hydroxyl groups excluding tert-OH is 2.